The summed E-state index contributed by atoms with van der Waals surface area (Å²) in [5, 5.41) is 55.1. The van der Waals surface area contributed by atoms with Crippen molar-refractivity contribution in [3.8, 4) is 0 Å². The Labute approximate surface area is 535 Å². The molecule has 0 aromatic heterocycles. The van der Waals surface area contributed by atoms with Crippen LogP contribution in [0.4, 0.5) is 0 Å². The summed E-state index contributed by atoms with van der Waals surface area (Å²) in [6.45, 7) is 3.92. The highest BCUT2D eigenvalue weighted by Crippen LogP contribution is 2.24. The number of unbranched alkanes of at least 4 members (excludes halogenated alkanes) is 61. The average Bonchev–Trinajstić information content (AvgIpc) is 2.60. The highest BCUT2D eigenvalue weighted by atomic mass is 16.7. The molecule has 1 fully saturated rings. The van der Waals surface area contributed by atoms with Crippen molar-refractivity contribution >= 4 is 5.91 Å². The number of rotatable bonds is 71. The van der Waals surface area contributed by atoms with Crippen LogP contribution < -0.4 is 5.32 Å². The number of aliphatic hydroxyl groups excluding tert-OH is 5. The largest absolute Gasteiger partial charge is 0.394 e. The van der Waals surface area contributed by atoms with Crippen molar-refractivity contribution in [3.63, 3.8) is 0 Å². The number of hydrogen-bond acceptors (Lipinski definition) is 8. The van der Waals surface area contributed by atoms with Gasteiger partial charge in [0.2, 0.25) is 5.91 Å². The monoisotopic (exact) mass is 1220 g/mol. The van der Waals surface area contributed by atoms with E-state index in [9.17, 15) is 30.3 Å². The van der Waals surface area contributed by atoms with Gasteiger partial charge in [-0.15, -0.1) is 0 Å². The summed E-state index contributed by atoms with van der Waals surface area (Å²) in [5.41, 5.74) is 0. The van der Waals surface area contributed by atoms with Crippen LogP contribution >= 0.6 is 0 Å². The molecule has 0 aromatic carbocycles. The minimum absolute atomic E-state index is 0.130. The summed E-state index contributed by atoms with van der Waals surface area (Å²) >= 11 is 0. The molecule has 9 heteroatoms. The zero-order valence-corrected chi connectivity index (χ0v) is 57.9. The van der Waals surface area contributed by atoms with Crippen LogP contribution in [-0.4, -0.2) is 87.5 Å². The maximum Gasteiger partial charge on any atom is 0.220 e. The third kappa shape index (κ3) is 54.9. The van der Waals surface area contributed by atoms with Crippen molar-refractivity contribution < 1.29 is 39.8 Å². The number of nitrogens with one attached hydrogen (secondary N) is 1. The van der Waals surface area contributed by atoms with Gasteiger partial charge in [0.15, 0.2) is 6.29 Å². The van der Waals surface area contributed by atoms with Gasteiger partial charge in [-0.2, -0.15) is 0 Å². The second kappa shape index (κ2) is 67.1. The lowest BCUT2D eigenvalue weighted by atomic mass is 9.99. The topological polar surface area (TPSA) is 149 Å². The van der Waals surface area contributed by atoms with E-state index in [2.05, 4.69) is 19.2 Å². The van der Waals surface area contributed by atoms with Gasteiger partial charge in [-0.1, -0.05) is 412 Å². The van der Waals surface area contributed by atoms with Crippen LogP contribution in [0, 0.1) is 0 Å². The second-order valence-corrected chi connectivity index (χ2v) is 27.9. The second-order valence-electron chi connectivity index (χ2n) is 27.9. The molecular formula is C77H153NO8. The average molecular weight is 1220 g/mol. The minimum atomic E-state index is -1.55. The molecule has 9 nitrogen and oxygen atoms in total. The molecule has 0 bridgehead atoms. The first-order valence-electron chi connectivity index (χ1n) is 39.2. The summed E-state index contributed by atoms with van der Waals surface area (Å²) in [4.78, 5) is 13.2. The number of hydrogen-bond donors (Lipinski definition) is 6. The zero-order chi connectivity index (χ0) is 62.1. The van der Waals surface area contributed by atoms with Crippen LogP contribution in [0.1, 0.15) is 431 Å². The Morgan fingerprint density at radius 3 is 0.826 bits per heavy atom. The highest BCUT2D eigenvalue weighted by Gasteiger charge is 2.44. The first kappa shape index (κ1) is 83.2. The normalized spacial score (nSPS) is 17.9. The maximum absolute atomic E-state index is 13.2. The molecule has 0 aromatic rings. The predicted octanol–water partition coefficient (Wildman–Crippen LogP) is 22.0. The van der Waals surface area contributed by atoms with Crippen LogP contribution in [0.25, 0.3) is 0 Å². The summed E-state index contributed by atoms with van der Waals surface area (Å²) in [7, 11) is 0. The Balaban J connectivity index is 2.05. The summed E-state index contributed by atoms with van der Waals surface area (Å²) < 4.78 is 11.4. The van der Waals surface area contributed by atoms with E-state index < -0.39 is 49.5 Å². The van der Waals surface area contributed by atoms with Gasteiger partial charge in [-0.05, 0) is 12.8 Å². The molecule has 0 spiro atoms. The molecule has 1 aliphatic heterocycles. The van der Waals surface area contributed by atoms with Crippen molar-refractivity contribution in [2.45, 2.75) is 474 Å². The smallest absolute Gasteiger partial charge is 0.220 e. The third-order valence-corrected chi connectivity index (χ3v) is 19.5. The van der Waals surface area contributed by atoms with Gasteiger partial charge in [0, 0.05) is 6.42 Å². The summed E-state index contributed by atoms with van der Waals surface area (Å²) in [6.07, 6.45) is 79.3. The van der Waals surface area contributed by atoms with Crippen molar-refractivity contribution in [1.29, 1.82) is 0 Å². The maximum atomic E-state index is 13.2. The van der Waals surface area contributed by atoms with Gasteiger partial charge in [0.25, 0.3) is 0 Å². The lowest BCUT2D eigenvalue weighted by Gasteiger charge is -2.40. The lowest BCUT2D eigenvalue weighted by molar-refractivity contribution is -0.302. The molecule has 0 saturated carbocycles. The van der Waals surface area contributed by atoms with E-state index in [0.717, 1.165) is 38.5 Å². The number of aliphatic hydroxyl groups is 5. The Kier molecular flexibility index (Phi) is 64.9. The fraction of sp³-hybridized carbons (Fsp3) is 0.987. The van der Waals surface area contributed by atoms with Crippen LogP contribution in [-0.2, 0) is 14.3 Å². The van der Waals surface area contributed by atoms with Crippen LogP contribution in [0.15, 0.2) is 0 Å². The van der Waals surface area contributed by atoms with Gasteiger partial charge < -0.3 is 40.3 Å². The van der Waals surface area contributed by atoms with Gasteiger partial charge in [0.1, 0.15) is 24.4 Å². The standard InChI is InChI=1S/C77H153NO8/c1-3-5-7-9-11-13-15-17-19-21-23-25-27-29-31-33-35-36-37-39-41-43-45-47-49-51-53-55-57-59-61-63-65-67-73(81)78-70(69-85-77-76(84)75(83)74(82)72(68-79)86-77)71(80)66-64-62-60-58-56-54-52-50-48-46-44-42-40-38-34-32-30-28-26-24-22-20-18-16-14-12-10-8-6-4-2/h70-72,74-77,79-80,82-84H,3-69H2,1-2H3,(H,78,81). The first-order valence-corrected chi connectivity index (χ1v) is 39.2. The van der Waals surface area contributed by atoms with E-state index in [0.29, 0.717) is 12.8 Å². The number of carbonyl (C=O) groups is 1. The Bertz CT molecular complexity index is 1320. The Morgan fingerprint density at radius 2 is 0.581 bits per heavy atom. The van der Waals surface area contributed by atoms with E-state index in [4.69, 9.17) is 9.47 Å². The van der Waals surface area contributed by atoms with E-state index in [1.54, 1.807) is 0 Å². The first-order chi connectivity index (χ1) is 42.3. The molecule has 0 aliphatic carbocycles. The van der Waals surface area contributed by atoms with Crippen LogP contribution in [0.2, 0.25) is 0 Å². The number of carbonyl (C=O) groups excluding carboxylic acids is 1. The molecule has 1 aliphatic rings. The molecule has 7 atom stereocenters. The van der Waals surface area contributed by atoms with Crippen LogP contribution in [0.3, 0.4) is 0 Å². The zero-order valence-electron chi connectivity index (χ0n) is 57.9. The van der Waals surface area contributed by atoms with Gasteiger partial charge in [-0.25, -0.2) is 0 Å². The third-order valence-electron chi connectivity index (χ3n) is 19.5. The highest BCUT2D eigenvalue weighted by molar-refractivity contribution is 5.76. The Morgan fingerprint density at radius 1 is 0.349 bits per heavy atom. The molecule has 86 heavy (non-hydrogen) atoms. The fourth-order valence-corrected chi connectivity index (χ4v) is 13.3. The number of ether oxygens (including phenoxy) is 2. The van der Waals surface area contributed by atoms with Crippen molar-refractivity contribution in [3.05, 3.63) is 0 Å². The molecule has 514 valence electrons. The van der Waals surface area contributed by atoms with Crippen molar-refractivity contribution in [2.24, 2.45) is 0 Å². The van der Waals surface area contributed by atoms with Gasteiger partial charge >= 0.3 is 0 Å². The van der Waals surface area contributed by atoms with E-state index in [1.807, 2.05) is 0 Å². The molecule has 6 N–H and O–H groups in total. The van der Waals surface area contributed by atoms with Crippen molar-refractivity contribution in [2.75, 3.05) is 13.2 Å². The molecule has 1 rings (SSSR count). The molecule has 1 saturated heterocycles. The SMILES string of the molecule is CCCCCCCCCCCCCCCCCCCCCCCCCCCCCCCCCCCC(=O)NC(COC1OC(CO)C(O)C(O)C1O)C(O)CCCCCCCCCCCCCCCCCCCCCCCCCCCCCCCC. The minimum Gasteiger partial charge on any atom is -0.394 e. The quantitative estimate of drug-likeness (QED) is 0.0330. The molecule has 7 unspecified atom stereocenters. The van der Waals surface area contributed by atoms with Crippen LogP contribution in [0.5, 0.6) is 0 Å². The summed E-state index contributed by atoms with van der Waals surface area (Å²) in [6, 6.07) is -0.716. The van der Waals surface area contributed by atoms with E-state index >= 15 is 0 Å². The van der Waals surface area contributed by atoms with E-state index in [1.165, 1.54) is 366 Å². The molecular weight excluding hydrogens is 1070 g/mol. The van der Waals surface area contributed by atoms with Gasteiger partial charge in [-0.3, -0.25) is 4.79 Å². The fourth-order valence-electron chi connectivity index (χ4n) is 13.3. The van der Waals surface area contributed by atoms with Crippen molar-refractivity contribution in [1.82, 2.24) is 5.32 Å². The molecule has 1 heterocycles. The number of amides is 1. The van der Waals surface area contributed by atoms with E-state index in [-0.39, 0.29) is 12.5 Å². The Hall–Kier alpha value is -0.810. The predicted molar refractivity (Wildman–Crippen MR) is 369 cm³/mol. The molecule has 0 radical (unpaired) electrons. The molecule has 1 amide bonds. The van der Waals surface area contributed by atoms with Gasteiger partial charge in [0.05, 0.1) is 25.4 Å². The lowest BCUT2D eigenvalue weighted by Crippen LogP contribution is -2.60. The summed E-state index contributed by atoms with van der Waals surface area (Å²) in [5.74, 6) is -0.132.